The van der Waals surface area contributed by atoms with Gasteiger partial charge in [-0.15, -0.1) is 0 Å². The third kappa shape index (κ3) is 3.77. The SMILES string of the molecule is CCc1ccc(CNC(=S)c2cccc(OC)c2OC)cc1. The summed E-state index contributed by atoms with van der Waals surface area (Å²) in [4.78, 5) is 0.648. The summed E-state index contributed by atoms with van der Waals surface area (Å²) in [5, 5.41) is 3.27. The number of hydrogen-bond donors (Lipinski definition) is 1. The molecule has 4 heteroatoms. The number of para-hydroxylation sites is 1. The van der Waals surface area contributed by atoms with Gasteiger partial charge in [0.2, 0.25) is 0 Å². The molecule has 0 heterocycles. The maximum atomic E-state index is 5.48. The second kappa shape index (κ2) is 7.80. The van der Waals surface area contributed by atoms with Crippen molar-refractivity contribution in [1.29, 1.82) is 0 Å². The van der Waals surface area contributed by atoms with Crippen molar-refractivity contribution in [3.8, 4) is 11.5 Å². The van der Waals surface area contributed by atoms with Crippen molar-refractivity contribution in [1.82, 2.24) is 5.32 Å². The molecule has 0 spiro atoms. The van der Waals surface area contributed by atoms with E-state index in [1.807, 2.05) is 18.2 Å². The van der Waals surface area contributed by atoms with E-state index in [1.54, 1.807) is 14.2 Å². The van der Waals surface area contributed by atoms with Crippen LogP contribution >= 0.6 is 12.2 Å². The molecule has 0 radical (unpaired) electrons. The molecule has 0 aliphatic carbocycles. The number of ether oxygens (including phenoxy) is 2. The van der Waals surface area contributed by atoms with E-state index < -0.39 is 0 Å². The van der Waals surface area contributed by atoms with Crippen molar-refractivity contribution in [3.63, 3.8) is 0 Å². The van der Waals surface area contributed by atoms with E-state index in [0.29, 0.717) is 23.0 Å². The van der Waals surface area contributed by atoms with Crippen LogP contribution in [0.5, 0.6) is 11.5 Å². The summed E-state index contributed by atoms with van der Waals surface area (Å²) in [6.07, 6.45) is 1.05. The number of benzene rings is 2. The van der Waals surface area contributed by atoms with E-state index in [2.05, 4.69) is 36.5 Å². The molecule has 0 unspecified atom stereocenters. The van der Waals surface area contributed by atoms with Gasteiger partial charge in [-0.2, -0.15) is 0 Å². The molecule has 22 heavy (non-hydrogen) atoms. The highest BCUT2D eigenvalue weighted by atomic mass is 32.1. The molecular formula is C18H21NO2S. The van der Waals surface area contributed by atoms with Crippen LogP contribution in [0.2, 0.25) is 0 Å². The molecule has 1 N–H and O–H groups in total. The fourth-order valence-corrected chi connectivity index (χ4v) is 2.47. The third-order valence-electron chi connectivity index (χ3n) is 3.53. The predicted octanol–water partition coefficient (Wildman–Crippen LogP) is 3.73. The summed E-state index contributed by atoms with van der Waals surface area (Å²) in [5.74, 6) is 1.33. The highest BCUT2D eigenvalue weighted by molar-refractivity contribution is 7.80. The molecule has 116 valence electrons. The second-order valence-corrected chi connectivity index (χ2v) is 5.30. The predicted molar refractivity (Wildman–Crippen MR) is 93.9 cm³/mol. The number of nitrogens with one attached hydrogen (secondary N) is 1. The Kier molecular flexibility index (Phi) is 5.78. The van der Waals surface area contributed by atoms with Gasteiger partial charge in [-0.1, -0.05) is 49.5 Å². The van der Waals surface area contributed by atoms with Crippen LogP contribution in [0.1, 0.15) is 23.6 Å². The molecule has 0 fully saturated rings. The van der Waals surface area contributed by atoms with Gasteiger partial charge in [0, 0.05) is 6.54 Å². The lowest BCUT2D eigenvalue weighted by Gasteiger charge is -2.14. The Morgan fingerprint density at radius 1 is 1.00 bits per heavy atom. The Hall–Kier alpha value is -2.07. The van der Waals surface area contributed by atoms with Crippen LogP contribution in [-0.4, -0.2) is 19.2 Å². The van der Waals surface area contributed by atoms with Crippen LogP contribution in [0, 0.1) is 0 Å². The number of thiocarbonyl (C=S) groups is 1. The lowest BCUT2D eigenvalue weighted by Crippen LogP contribution is -2.22. The van der Waals surface area contributed by atoms with Crippen molar-refractivity contribution in [2.75, 3.05) is 14.2 Å². The first-order chi connectivity index (χ1) is 10.7. The number of hydrogen-bond acceptors (Lipinski definition) is 3. The number of methoxy groups -OCH3 is 2. The molecule has 0 aliphatic rings. The minimum atomic E-state index is 0.648. The van der Waals surface area contributed by atoms with Gasteiger partial charge in [0.05, 0.1) is 19.8 Å². The maximum absolute atomic E-state index is 5.48. The summed E-state index contributed by atoms with van der Waals surface area (Å²) in [7, 11) is 3.24. The molecule has 3 nitrogen and oxygen atoms in total. The van der Waals surface area contributed by atoms with Crippen LogP contribution in [0.15, 0.2) is 42.5 Å². The molecule has 2 aromatic rings. The fourth-order valence-electron chi connectivity index (χ4n) is 2.24. The first-order valence-electron chi connectivity index (χ1n) is 7.26. The standard InChI is InChI=1S/C18H21NO2S/c1-4-13-8-10-14(11-9-13)12-19-18(22)15-6-5-7-16(20-2)17(15)21-3/h5-11H,4,12H2,1-3H3,(H,19,22). The van der Waals surface area contributed by atoms with Gasteiger partial charge in [0.1, 0.15) is 4.99 Å². The van der Waals surface area contributed by atoms with Crippen molar-refractivity contribution in [2.45, 2.75) is 19.9 Å². The Labute approximate surface area is 137 Å². The van der Waals surface area contributed by atoms with Crippen molar-refractivity contribution < 1.29 is 9.47 Å². The monoisotopic (exact) mass is 315 g/mol. The Morgan fingerprint density at radius 2 is 1.68 bits per heavy atom. The van der Waals surface area contributed by atoms with Gasteiger partial charge in [0.25, 0.3) is 0 Å². The quantitative estimate of drug-likeness (QED) is 0.823. The topological polar surface area (TPSA) is 30.5 Å². The van der Waals surface area contributed by atoms with Gasteiger partial charge in [-0.05, 0) is 29.7 Å². The zero-order valence-electron chi connectivity index (χ0n) is 13.2. The lowest BCUT2D eigenvalue weighted by molar-refractivity contribution is 0.354. The molecule has 2 aromatic carbocycles. The molecule has 0 aliphatic heterocycles. The maximum Gasteiger partial charge on any atom is 0.170 e. The smallest absolute Gasteiger partial charge is 0.170 e. The van der Waals surface area contributed by atoms with Crippen LogP contribution < -0.4 is 14.8 Å². The lowest BCUT2D eigenvalue weighted by atomic mass is 10.1. The summed E-state index contributed by atoms with van der Waals surface area (Å²) in [6.45, 7) is 2.83. The van der Waals surface area contributed by atoms with Gasteiger partial charge in [-0.25, -0.2) is 0 Å². The van der Waals surface area contributed by atoms with Crippen LogP contribution in [0.25, 0.3) is 0 Å². The normalized spacial score (nSPS) is 10.1. The first kappa shape index (κ1) is 16.3. The van der Waals surface area contributed by atoms with E-state index >= 15 is 0 Å². The van der Waals surface area contributed by atoms with Gasteiger partial charge < -0.3 is 14.8 Å². The Bertz CT molecular complexity index is 638. The van der Waals surface area contributed by atoms with Crippen LogP contribution in [0.3, 0.4) is 0 Å². The van der Waals surface area contributed by atoms with Gasteiger partial charge >= 0.3 is 0 Å². The van der Waals surface area contributed by atoms with Crippen molar-refractivity contribution in [3.05, 3.63) is 59.2 Å². The van der Waals surface area contributed by atoms with Gasteiger partial charge in [0.15, 0.2) is 11.5 Å². The fraction of sp³-hybridized carbons (Fsp3) is 0.278. The molecule has 0 aromatic heterocycles. The molecular weight excluding hydrogens is 294 g/mol. The minimum Gasteiger partial charge on any atom is -0.493 e. The van der Waals surface area contributed by atoms with E-state index in [0.717, 1.165) is 12.0 Å². The molecule has 0 saturated heterocycles. The highest BCUT2D eigenvalue weighted by Crippen LogP contribution is 2.30. The van der Waals surface area contributed by atoms with Gasteiger partial charge in [-0.3, -0.25) is 0 Å². The zero-order chi connectivity index (χ0) is 15.9. The molecule has 0 atom stereocenters. The van der Waals surface area contributed by atoms with Crippen LogP contribution in [-0.2, 0) is 13.0 Å². The molecule has 0 saturated carbocycles. The van der Waals surface area contributed by atoms with E-state index in [9.17, 15) is 0 Å². The van der Waals surface area contributed by atoms with E-state index in [1.165, 1.54) is 11.1 Å². The van der Waals surface area contributed by atoms with E-state index in [4.69, 9.17) is 21.7 Å². The molecule has 2 rings (SSSR count). The minimum absolute atomic E-state index is 0.648. The van der Waals surface area contributed by atoms with Crippen LogP contribution in [0.4, 0.5) is 0 Å². The largest absolute Gasteiger partial charge is 0.493 e. The Morgan fingerprint density at radius 3 is 2.27 bits per heavy atom. The highest BCUT2D eigenvalue weighted by Gasteiger charge is 2.13. The number of rotatable bonds is 6. The van der Waals surface area contributed by atoms with Crippen molar-refractivity contribution >= 4 is 17.2 Å². The average Bonchev–Trinajstić information content (AvgIpc) is 2.59. The summed E-state index contributed by atoms with van der Waals surface area (Å²) < 4.78 is 10.7. The third-order valence-corrected chi connectivity index (χ3v) is 3.90. The first-order valence-corrected chi connectivity index (χ1v) is 7.67. The number of aryl methyl sites for hydroxylation is 1. The van der Waals surface area contributed by atoms with E-state index in [-0.39, 0.29) is 0 Å². The average molecular weight is 315 g/mol. The molecule has 0 amide bonds. The summed E-state index contributed by atoms with van der Waals surface area (Å²) >= 11 is 5.48. The van der Waals surface area contributed by atoms with Crippen molar-refractivity contribution in [2.24, 2.45) is 0 Å². The summed E-state index contributed by atoms with van der Waals surface area (Å²) in [6, 6.07) is 14.2. The Balaban J connectivity index is 2.08. The summed E-state index contributed by atoms with van der Waals surface area (Å²) in [5.41, 5.74) is 3.37. The molecule has 0 bridgehead atoms. The zero-order valence-corrected chi connectivity index (χ0v) is 14.0. The second-order valence-electron chi connectivity index (χ2n) is 4.89.